The molecule has 0 aliphatic carbocycles. The first kappa shape index (κ1) is 16.7. The van der Waals surface area contributed by atoms with Gasteiger partial charge in [-0.2, -0.15) is 0 Å². The van der Waals surface area contributed by atoms with E-state index in [-0.39, 0.29) is 0 Å². The minimum atomic E-state index is 1.26. The van der Waals surface area contributed by atoms with E-state index in [0.717, 1.165) is 0 Å². The van der Waals surface area contributed by atoms with Crippen LogP contribution in [0.1, 0.15) is 97.3 Å². The first-order valence-corrected chi connectivity index (χ1v) is 7.97. The highest BCUT2D eigenvalue weighted by Gasteiger charge is 1.95. The van der Waals surface area contributed by atoms with Crippen LogP contribution >= 0.6 is 0 Å². The van der Waals surface area contributed by atoms with Crippen LogP contribution in [0.2, 0.25) is 0 Å². The third kappa shape index (κ3) is 13.7. The van der Waals surface area contributed by atoms with Gasteiger partial charge in [-0.25, -0.2) is 0 Å². The summed E-state index contributed by atoms with van der Waals surface area (Å²) in [5.74, 6) is 0. The number of allylic oxidation sites excluding steroid dienone is 1. The van der Waals surface area contributed by atoms with Crippen LogP contribution in [0, 0.1) is 0 Å². The van der Waals surface area contributed by atoms with Gasteiger partial charge in [-0.05, 0) is 25.7 Å². The van der Waals surface area contributed by atoms with Gasteiger partial charge in [0.05, 0.1) is 0 Å². The van der Waals surface area contributed by atoms with Crippen molar-refractivity contribution in [2.45, 2.75) is 97.3 Å². The van der Waals surface area contributed by atoms with Crippen LogP contribution in [0.25, 0.3) is 0 Å². The molecule has 0 unspecified atom stereocenters. The molecule has 0 heterocycles. The van der Waals surface area contributed by atoms with E-state index in [9.17, 15) is 0 Å². The molecule has 0 nitrogen and oxygen atoms in total. The Balaban J connectivity index is 3.05. The molecule has 0 rings (SSSR count). The molecule has 0 radical (unpaired) electrons. The minimum Gasteiger partial charge on any atom is -0.0999 e. The molecular formula is C17H34. The van der Waals surface area contributed by atoms with Gasteiger partial charge in [0.1, 0.15) is 0 Å². The normalized spacial score (nSPS) is 10.7. The smallest absolute Gasteiger partial charge is 0.0323 e. The lowest BCUT2D eigenvalue weighted by molar-refractivity contribution is 0.562. The molecule has 0 saturated heterocycles. The van der Waals surface area contributed by atoms with Gasteiger partial charge in [-0.3, -0.25) is 0 Å². The third-order valence-corrected chi connectivity index (χ3v) is 3.52. The summed E-state index contributed by atoms with van der Waals surface area (Å²) in [6.45, 7) is 8.70. The third-order valence-electron chi connectivity index (χ3n) is 3.52. The van der Waals surface area contributed by atoms with Crippen LogP contribution < -0.4 is 0 Å². The van der Waals surface area contributed by atoms with E-state index in [1.165, 1.54) is 89.0 Å². The quantitative estimate of drug-likeness (QED) is 0.249. The summed E-state index contributed by atoms with van der Waals surface area (Å²) < 4.78 is 0. The fourth-order valence-electron chi connectivity index (χ4n) is 2.24. The standard InChI is InChI=1S/C17H34/c1-4-6-8-9-10-11-12-13-14-16-17(3)15-7-5-2/h3-16H2,1-2H3. The second-order valence-corrected chi connectivity index (χ2v) is 5.43. The lowest BCUT2D eigenvalue weighted by Crippen LogP contribution is -1.85. The SMILES string of the molecule is C=C(CCCC)CCCCCCCCCCC. The zero-order valence-corrected chi connectivity index (χ0v) is 12.4. The molecule has 0 fully saturated rings. The van der Waals surface area contributed by atoms with E-state index in [0.29, 0.717) is 0 Å². The minimum absolute atomic E-state index is 1.26. The van der Waals surface area contributed by atoms with Crippen molar-refractivity contribution in [3.8, 4) is 0 Å². The van der Waals surface area contributed by atoms with E-state index in [1.54, 1.807) is 0 Å². The Morgan fingerprint density at radius 1 is 0.588 bits per heavy atom. The summed E-state index contributed by atoms with van der Waals surface area (Å²) in [5.41, 5.74) is 1.48. The Morgan fingerprint density at radius 2 is 1.00 bits per heavy atom. The Bertz CT molecular complexity index is 157. The molecular weight excluding hydrogens is 204 g/mol. The first-order valence-electron chi connectivity index (χ1n) is 7.97. The molecule has 0 aromatic rings. The second-order valence-electron chi connectivity index (χ2n) is 5.43. The molecule has 0 N–H and O–H groups in total. The summed E-state index contributed by atoms with van der Waals surface area (Å²) in [5, 5.41) is 0. The predicted octanol–water partition coefficient (Wildman–Crippen LogP) is 6.65. The fourth-order valence-corrected chi connectivity index (χ4v) is 2.24. The summed E-state index contributed by atoms with van der Waals surface area (Å²) >= 11 is 0. The van der Waals surface area contributed by atoms with Crippen molar-refractivity contribution in [3.63, 3.8) is 0 Å². The fraction of sp³-hybridized carbons (Fsp3) is 0.882. The highest BCUT2D eigenvalue weighted by molar-refractivity contribution is 4.93. The van der Waals surface area contributed by atoms with Gasteiger partial charge < -0.3 is 0 Å². The van der Waals surface area contributed by atoms with Crippen LogP contribution in [0.3, 0.4) is 0 Å². The molecule has 0 spiro atoms. The monoisotopic (exact) mass is 238 g/mol. The van der Waals surface area contributed by atoms with Gasteiger partial charge >= 0.3 is 0 Å². The van der Waals surface area contributed by atoms with Crippen molar-refractivity contribution in [1.82, 2.24) is 0 Å². The lowest BCUT2D eigenvalue weighted by Gasteiger charge is -2.05. The van der Waals surface area contributed by atoms with Crippen molar-refractivity contribution in [3.05, 3.63) is 12.2 Å². The van der Waals surface area contributed by atoms with Crippen LogP contribution in [0.15, 0.2) is 12.2 Å². The average molecular weight is 238 g/mol. The molecule has 0 amide bonds. The Morgan fingerprint density at radius 3 is 1.53 bits per heavy atom. The molecule has 0 aliphatic rings. The van der Waals surface area contributed by atoms with Gasteiger partial charge in [0.25, 0.3) is 0 Å². The first-order chi connectivity index (χ1) is 8.31. The highest BCUT2D eigenvalue weighted by atomic mass is 14.0. The lowest BCUT2D eigenvalue weighted by atomic mass is 10.0. The molecule has 102 valence electrons. The van der Waals surface area contributed by atoms with E-state index < -0.39 is 0 Å². The molecule has 0 heteroatoms. The summed E-state index contributed by atoms with van der Waals surface area (Å²) in [4.78, 5) is 0. The van der Waals surface area contributed by atoms with Gasteiger partial charge in [0.2, 0.25) is 0 Å². The molecule has 0 aromatic heterocycles. The molecule has 0 aliphatic heterocycles. The maximum absolute atomic E-state index is 4.16. The maximum atomic E-state index is 4.16. The summed E-state index contributed by atoms with van der Waals surface area (Å²) in [7, 11) is 0. The van der Waals surface area contributed by atoms with Gasteiger partial charge in [0.15, 0.2) is 0 Å². The van der Waals surface area contributed by atoms with Crippen molar-refractivity contribution in [2.24, 2.45) is 0 Å². The zero-order chi connectivity index (χ0) is 12.8. The van der Waals surface area contributed by atoms with Gasteiger partial charge in [-0.15, -0.1) is 0 Å². The Hall–Kier alpha value is -0.260. The van der Waals surface area contributed by atoms with Crippen molar-refractivity contribution < 1.29 is 0 Å². The Labute approximate surface area is 110 Å². The van der Waals surface area contributed by atoms with Gasteiger partial charge in [0, 0.05) is 0 Å². The molecule has 0 bridgehead atoms. The van der Waals surface area contributed by atoms with Crippen LogP contribution in [0.5, 0.6) is 0 Å². The van der Waals surface area contributed by atoms with Crippen LogP contribution in [-0.2, 0) is 0 Å². The summed E-state index contributed by atoms with van der Waals surface area (Å²) in [6.07, 6.45) is 18.0. The highest BCUT2D eigenvalue weighted by Crippen LogP contribution is 2.15. The molecule has 0 saturated carbocycles. The van der Waals surface area contributed by atoms with Crippen molar-refractivity contribution in [2.75, 3.05) is 0 Å². The molecule has 0 atom stereocenters. The predicted molar refractivity (Wildman–Crippen MR) is 80.5 cm³/mol. The van der Waals surface area contributed by atoms with Crippen LogP contribution in [0.4, 0.5) is 0 Å². The van der Waals surface area contributed by atoms with Gasteiger partial charge in [-0.1, -0.05) is 83.8 Å². The topological polar surface area (TPSA) is 0 Å². The second kappa shape index (κ2) is 13.8. The van der Waals surface area contributed by atoms with Crippen molar-refractivity contribution >= 4 is 0 Å². The summed E-state index contributed by atoms with van der Waals surface area (Å²) in [6, 6.07) is 0. The molecule has 17 heavy (non-hydrogen) atoms. The van der Waals surface area contributed by atoms with Crippen LogP contribution in [-0.4, -0.2) is 0 Å². The van der Waals surface area contributed by atoms with Crippen molar-refractivity contribution in [1.29, 1.82) is 0 Å². The number of hydrogen-bond donors (Lipinski definition) is 0. The maximum Gasteiger partial charge on any atom is -0.0323 e. The van der Waals surface area contributed by atoms with E-state index in [1.807, 2.05) is 0 Å². The average Bonchev–Trinajstić information content (AvgIpc) is 2.34. The zero-order valence-electron chi connectivity index (χ0n) is 12.4. The van der Waals surface area contributed by atoms with E-state index in [4.69, 9.17) is 0 Å². The Kier molecular flexibility index (Phi) is 13.6. The number of rotatable bonds is 13. The number of unbranched alkanes of at least 4 members (excludes halogenated alkanes) is 9. The van der Waals surface area contributed by atoms with E-state index in [2.05, 4.69) is 20.4 Å². The molecule has 0 aromatic carbocycles. The largest absolute Gasteiger partial charge is 0.0999 e. The number of hydrogen-bond acceptors (Lipinski definition) is 0. The van der Waals surface area contributed by atoms with E-state index >= 15 is 0 Å².